The molecule has 0 amide bonds. The molecule has 0 atom stereocenters. The maximum absolute atomic E-state index is 6.19. The van der Waals surface area contributed by atoms with Gasteiger partial charge < -0.3 is 9.88 Å². The molecule has 0 radical (unpaired) electrons. The Morgan fingerprint density at radius 2 is 2.04 bits per heavy atom. The van der Waals surface area contributed by atoms with Gasteiger partial charge in [-0.2, -0.15) is 0 Å². The van der Waals surface area contributed by atoms with E-state index in [9.17, 15) is 0 Å². The van der Waals surface area contributed by atoms with Crippen molar-refractivity contribution in [1.29, 1.82) is 0 Å². The lowest BCUT2D eigenvalue weighted by atomic mass is 10.1. The van der Waals surface area contributed by atoms with Crippen LogP contribution in [0.5, 0.6) is 0 Å². The van der Waals surface area contributed by atoms with E-state index in [0.29, 0.717) is 6.04 Å². The van der Waals surface area contributed by atoms with E-state index in [1.54, 1.807) is 0 Å². The zero-order chi connectivity index (χ0) is 15.8. The fourth-order valence-corrected chi connectivity index (χ4v) is 3.51. The van der Waals surface area contributed by atoms with Crippen molar-refractivity contribution < 1.29 is 0 Å². The van der Waals surface area contributed by atoms with Crippen LogP contribution in [-0.4, -0.2) is 27.6 Å². The average Bonchev–Trinajstić information content (AvgIpc) is 2.94. The minimum atomic E-state index is 0.422. The number of pyridine rings is 1. The van der Waals surface area contributed by atoms with Crippen molar-refractivity contribution in [3.8, 4) is 11.4 Å². The topological polar surface area (TPSA) is 42.7 Å². The van der Waals surface area contributed by atoms with Crippen LogP contribution < -0.4 is 5.32 Å². The second-order valence-corrected chi connectivity index (χ2v) is 6.59. The summed E-state index contributed by atoms with van der Waals surface area (Å²) in [6, 6.07) is 10.4. The first-order valence-electron chi connectivity index (χ1n) is 8.03. The zero-order valence-corrected chi connectivity index (χ0v) is 13.8. The fourth-order valence-electron chi connectivity index (χ4n) is 3.32. The number of nitrogens with one attached hydrogen (secondary N) is 1. The van der Waals surface area contributed by atoms with Gasteiger partial charge in [-0.15, -0.1) is 0 Å². The van der Waals surface area contributed by atoms with E-state index in [1.165, 1.54) is 0 Å². The maximum atomic E-state index is 6.19. The SMILES string of the molecule is Cc1cnc2c(c1)nc(-c1cccc(Cl)c1)n2C1CCNCC1. The molecule has 3 heterocycles. The molecule has 1 saturated heterocycles. The Labute approximate surface area is 140 Å². The summed E-state index contributed by atoms with van der Waals surface area (Å²) in [6.45, 7) is 4.12. The number of aryl methyl sites for hydroxylation is 1. The molecule has 1 N–H and O–H groups in total. The molecular weight excluding hydrogens is 308 g/mol. The van der Waals surface area contributed by atoms with Crippen LogP contribution in [-0.2, 0) is 0 Å². The second kappa shape index (κ2) is 5.95. The Morgan fingerprint density at radius 1 is 1.22 bits per heavy atom. The van der Waals surface area contributed by atoms with Gasteiger partial charge in [0.2, 0.25) is 0 Å². The van der Waals surface area contributed by atoms with Crippen LogP contribution >= 0.6 is 11.6 Å². The molecule has 5 heteroatoms. The normalized spacial score (nSPS) is 16.1. The molecular formula is C18H19ClN4. The van der Waals surface area contributed by atoms with Crippen molar-refractivity contribution >= 4 is 22.8 Å². The Balaban J connectivity index is 1.94. The number of halogens is 1. The summed E-state index contributed by atoms with van der Waals surface area (Å²) in [5.41, 5.74) is 4.10. The third-order valence-electron chi connectivity index (χ3n) is 4.42. The van der Waals surface area contributed by atoms with Crippen molar-refractivity contribution in [3.05, 3.63) is 47.1 Å². The average molecular weight is 327 g/mol. The number of nitrogens with zero attached hydrogens (tertiary/aromatic N) is 3. The smallest absolute Gasteiger partial charge is 0.160 e. The van der Waals surface area contributed by atoms with Gasteiger partial charge in [-0.3, -0.25) is 0 Å². The molecule has 1 aliphatic heterocycles. The minimum absolute atomic E-state index is 0.422. The Morgan fingerprint density at radius 3 is 2.83 bits per heavy atom. The molecule has 0 saturated carbocycles. The van der Waals surface area contributed by atoms with Gasteiger partial charge in [0.05, 0.1) is 0 Å². The number of benzene rings is 1. The molecule has 4 nitrogen and oxygen atoms in total. The second-order valence-electron chi connectivity index (χ2n) is 6.15. The monoisotopic (exact) mass is 326 g/mol. The number of piperidine rings is 1. The van der Waals surface area contributed by atoms with E-state index in [1.807, 2.05) is 24.4 Å². The predicted octanol–water partition coefficient (Wildman–Crippen LogP) is 3.98. The summed E-state index contributed by atoms with van der Waals surface area (Å²) in [5.74, 6) is 0.965. The van der Waals surface area contributed by atoms with E-state index < -0.39 is 0 Å². The lowest BCUT2D eigenvalue weighted by Crippen LogP contribution is -2.29. The number of aromatic nitrogens is 3. The number of imidazole rings is 1. The highest BCUT2D eigenvalue weighted by Crippen LogP contribution is 2.32. The molecule has 2 aromatic heterocycles. The highest BCUT2D eigenvalue weighted by molar-refractivity contribution is 6.30. The van der Waals surface area contributed by atoms with Gasteiger partial charge in [0.1, 0.15) is 11.3 Å². The van der Waals surface area contributed by atoms with E-state index in [4.69, 9.17) is 16.6 Å². The van der Waals surface area contributed by atoms with Crippen molar-refractivity contribution in [1.82, 2.24) is 19.9 Å². The van der Waals surface area contributed by atoms with Crippen molar-refractivity contribution in [3.63, 3.8) is 0 Å². The summed E-state index contributed by atoms with van der Waals surface area (Å²) in [6.07, 6.45) is 4.10. The molecule has 23 heavy (non-hydrogen) atoms. The molecule has 0 bridgehead atoms. The molecule has 3 aromatic rings. The van der Waals surface area contributed by atoms with Crippen LogP contribution in [0.1, 0.15) is 24.4 Å². The molecule has 0 aliphatic carbocycles. The van der Waals surface area contributed by atoms with E-state index in [-0.39, 0.29) is 0 Å². The molecule has 1 fully saturated rings. The number of fused-ring (bicyclic) bond motifs is 1. The molecule has 1 aliphatic rings. The van der Waals surface area contributed by atoms with Crippen LogP contribution in [0.15, 0.2) is 36.5 Å². The lowest BCUT2D eigenvalue weighted by Gasteiger charge is -2.26. The first kappa shape index (κ1) is 14.7. The van der Waals surface area contributed by atoms with Gasteiger partial charge in [-0.1, -0.05) is 23.7 Å². The third kappa shape index (κ3) is 2.73. The fraction of sp³-hybridized carbons (Fsp3) is 0.333. The molecule has 4 rings (SSSR count). The number of rotatable bonds is 2. The van der Waals surface area contributed by atoms with Crippen molar-refractivity contribution in [2.45, 2.75) is 25.8 Å². The molecule has 0 spiro atoms. The van der Waals surface area contributed by atoms with Gasteiger partial charge in [0, 0.05) is 22.8 Å². The standard InChI is InChI=1S/C18H19ClN4/c1-12-9-16-18(21-11-12)23(15-5-7-20-8-6-15)17(22-16)13-3-2-4-14(19)10-13/h2-4,9-11,15,20H,5-8H2,1H3. The zero-order valence-electron chi connectivity index (χ0n) is 13.1. The molecule has 0 unspecified atom stereocenters. The summed E-state index contributed by atoms with van der Waals surface area (Å²) >= 11 is 6.19. The van der Waals surface area contributed by atoms with Gasteiger partial charge in [0.15, 0.2) is 5.65 Å². The summed E-state index contributed by atoms with van der Waals surface area (Å²) in [5, 5.41) is 4.16. The van der Waals surface area contributed by atoms with Crippen LogP contribution in [0.4, 0.5) is 0 Å². The van der Waals surface area contributed by atoms with Gasteiger partial charge in [-0.05, 0) is 56.6 Å². The first-order valence-corrected chi connectivity index (χ1v) is 8.41. The van der Waals surface area contributed by atoms with Crippen molar-refractivity contribution in [2.75, 3.05) is 13.1 Å². The highest BCUT2D eigenvalue weighted by Gasteiger charge is 2.23. The van der Waals surface area contributed by atoms with E-state index in [0.717, 1.165) is 59.1 Å². The Hall–Kier alpha value is -1.91. The molecule has 118 valence electrons. The highest BCUT2D eigenvalue weighted by atomic mass is 35.5. The quantitative estimate of drug-likeness (QED) is 0.774. The number of hydrogen-bond acceptors (Lipinski definition) is 3. The maximum Gasteiger partial charge on any atom is 0.160 e. The van der Waals surface area contributed by atoms with Crippen LogP contribution in [0.3, 0.4) is 0 Å². The largest absolute Gasteiger partial charge is 0.317 e. The van der Waals surface area contributed by atoms with Crippen LogP contribution in [0.25, 0.3) is 22.6 Å². The minimum Gasteiger partial charge on any atom is -0.317 e. The molecule has 1 aromatic carbocycles. The lowest BCUT2D eigenvalue weighted by molar-refractivity contribution is 0.376. The van der Waals surface area contributed by atoms with Crippen molar-refractivity contribution in [2.24, 2.45) is 0 Å². The summed E-state index contributed by atoms with van der Waals surface area (Å²) in [4.78, 5) is 9.55. The third-order valence-corrected chi connectivity index (χ3v) is 4.66. The Bertz CT molecular complexity index is 849. The van der Waals surface area contributed by atoms with E-state index >= 15 is 0 Å². The predicted molar refractivity (Wildman–Crippen MR) is 93.9 cm³/mol. The Kier molecular flexibility index (Phi) is 3.79. The van der Waals surface area contributed by atoms with Gasteiger partial charge in [-0.25, -0.2) is 9.97 Å². The first-order chi connectivity index (χ1) is 11.2. The van der Waals surface area contributed by atoms with Crippen LogP contribution in [0, 0.1) is 6.92 Å². The van der Waals surface area contributed by atoms with Gasteiger partial charge >= 0.3 is 0 Å². The number of hydrogen-bond donors (Lipinski definition) is 1. The summed E-state index contributed by atoms with van der Waals surface area (Å²) in [7, 11) is 0. The van der Waals surface area contributed by atoms with Crippen LogP contribution in [0.2, 0.25) is 5.02 Å². The van der Waals surface area contributed by atoms with E-state index in [2.05, 4.69) is 33.9 Å². The van der Waals surface area contributed by atoms with Gasteiger partial charge in [0.25, 0.3) is 0 Å². The summed E-state index contributed by atoms with van der Waals surface area (Å²) < 4.78 is 2.31.